The van der Waals surface area contributed by atoms with Crippen LogP contribution in [0.15, 0.2) is 48.6 Å². The van der Waals surface area contributed by atoms with E-state index in [9.17, 15) is 22.8 Å². The molecule has 1 aromatic carbocycles. The predicted molar refractivity (Wildman–Crippen MR) is 163 cm³/mol. The Balaban J connectivity index is 2.12. The van der Waals surface area contributed by atoms with Gasteiger partial charge < -0.3 is 13.9 Å². The van der Waals surface area contributed by atoms with E-state index >= 15 is 0 Å². The number of rotatable bonds is 17. The van der Waals surface area contributed by atoms with Gasteiger partial charge in [0.15, 0.2) is 8.32 Å². The molecule has 5 nitrogen and oxygen atoms in total. The summed E-state index contributed by atoms with van der Waals surface area (Å²) in [6, 6.07) is 7.68. The molecule has 0 spiro atoms. The third-order valence-corrected chi connectivity index (χ3v) is 12.9. The van der Waals surface area contributed by atoms with E-state index in [1.54, 1.807) is 0 Å². The molecule has 1 aliphatic carbocycles. The lowest BCUT2D eigenvalue weighted by atomic mass is 9.87. The Morgan fingerprint density at radius 3 is 2.43 bits per heavy atom. The highest BCUT2D eigenvalue weighted by Crippen LogP contribution is 2.38. The Labute approximate surface area is 251 Å². The summed E-state index contributed by atoms with van der Waals surface area (Å²) in [5, 5.41) is 0. The van der Waals surface area contributed by atoms with Crippen molar-refractivity contribution in [2.24, 2.45) is 17.8 Å². The maximum absolute atomic E-state index is 13.2. The van der Waals surface area contributed by atoms with Crippen molar-refractivity contribution >= 4 is 20.1 Å². The van der Waals surface area contributed by atoms with Crippen molar-refractivity contribution in [3.8, 4) is 5.75 Å². The molecule has 2 rings (SSSR count). The number of carbonyl (C=O) groups is 2. The van der Waals surface area contributed by atoms with E-state index in [1.165, 1.54) is 12.1 Å². The number of unbranched alkanes of at least 4 members (excludes halogenated alkanes) is 1. The van der Waals surface area contributed by atoms with Gasteiger partial charge in [0.2, 0.25) is 0 Å². The van der Waals surface area contributed by atoms with Gasteiger partial charge in [-0.05, 0) is 81.3 Å². The van der Waals surface area contributed by atoms with Crippen LogP contribution in [0.5, 0.6) is 5.75 Å². The van der Waals surface area contributed by atoms with Crippen LogP contribution in [0.25, 0.3) is 0 Å². The Bertz CT molecular complexity index is 1040. The Hall–Kier alpha value is -2.39. The number of esters is 1. The summed E-state index contributed by atoms with van der Waals surface area (Å²) >= 11 is 0. The fraction of sp³-hybridized carbons (Fsp3) is 0.636. The molecule has 42 heavy (non-hydrogen) atoms. The molecule has 1 unspecified atom stereocenters. The van der Waals surface area contributed by atoms with Crippen LogP contribution in [-0.2, 0) is 24.9 Å². The normalized spacial score (nSPS) is 20.6. The minimum Gasteiger partial charge on any atom is -0.491 e. The highest BCUT2D eigenvalue weighted by atomic mass is 28.4. The lowest BCUT2D eigenvalue weighted by Crippen LogP contribution is -2.41. The van der Waals surface area contributed by atoms with Crippen molar-refractivity contribution in [2.45, 2.75) is 110 Å². The number of hydrogen-bond donors (Lipinski definition) is 0. The van der Waals surface area contributed by atoms with Crippen LogP contribution in [0.2, 0.25) is 18.1 Å². The quantitative estimate of drug-likeness (QED) is 0.0763. The van der Waals surface area contributed by atoms with E-state index in [4.69, 9.17) is 13.9 Å². The molecule has 0 heterocycles. The first-order valence-electron chi connectivity index (χ1n) is 15.4. The second-order valence-corrected chi connectivity index (χ2v) is 16.3. The third-order valence-electron chi connectivity index (χ3n) is 8.19. The number of halogens is 3. The van der Waals surface area contributed by atoms with Crippen molar-refractivity contribution in [3.63, 3.8) is 0 Å². The Kier molecular flexibility index (Phi) is 14.5. The standard InChI is InChI=1S/C33H49F3O5Si/c1-7-42(8-2,9-3)41-28(23-39-27-16-14-15-26(22-27)33(34,35)36)19-20-29-25(6)21-31(37)30(29)17-12-10-11-13-18-32(38)40-24(4)5/h10,12,14-16,19-20,22,24-25,28-30H,7-9,11,13,17-18,21,23H2,1-6H3/b12-10-,20-19+/t25-,28?,29+,30-/m1/s1. The number of allylic oxidation sites excluding steroid dienone is 3. The summed E-state index contributed by atoms with van der Waals surface area (Å²) in [6.07, 6.45) is 6.04. The van der Waals surface area contributed by atoms with E-state index in [1.807, 2.05) is 32.1 Å². The number of hydrogen-bond acceptors (Lipinski definition) is 5. The number of carbonyl (C=O) groups excluding carboxylic acids is 2. The summed E-state index contributed by atoms with van der Waals surface area (Å²) in [5.41, 5.74) is -0.753. The molecule has 0 amide bonds. The average molecular weight is 611 g/mol. The molecule has 0 aromatic heterocycles. The maximum Gasteiger partial charge on any atom is 0.416 e. The zero-order chi connectivity index (χ0) is 31.3. The number of Topliss-reactive ketones (excluding diaryl/α,β-unsaturated/α-hetero) is 1. The van der Waals surface area contributed by atoms with Crippen LogP contribution in [0.3, 0.4) is 0 Å². The van der Waals surface area contributed by atoms with E-state index in [0.717, 1.165) is 36.7 Å². The highest BCUT2D eigenvalue weighted by Gasteiger charge is 2.38. The maximum atomic E-state index is 13.2. The van der Waals surface area contributed by atoms with Crippen molar-refractivity contribution in [3.05, 3.63) is 54.1 Å². The molecule has 236 valence electrons. The van der Waals surface area contributed by atoms with Crippen LogP contribution >= 0.6 is 0 Å². The highest BCUT2D eigenvalue weighted by molar-refractivity contribution is 6.73. The third kappa shape index (κ3) is 11.4. The molecule has 0 bridgehead atoms. The van der Waals surface area contributed by atoms with Gasteiger partial charge in [-0.1, -0.05) is 58.1 Å². The van der Waals surface area contributed by atoms with Crippen molar-refractivity contribution in [2.75, 3.05) is 6.61 Å². The van der Waals surface area contributed by atoms with Crippen LogP contribution in [0, 0.1) is 17.8 Å². The fourth-order valence-corrected chi connectivity index (χ4v) is 8.31. The van der Waals surface area contributed by atoms with Crippen LogP contribution in [-0.4, -0.2) is 38.9 Å². The summed E-state index contributed by atoms with van der Waals surface area (Å²) < 4.78 is 57.3. The first kappa shape index (κ1) is 35.8. The topological polar surface area (TPSA) is 61.8 Å². The summed E-state index contributed by atoms with van der Waals surface area (Å²) in [6.45, 7) is 12.2. The second-order valence-electron chi connectivity index (χ2n) is 11.6. The van der Waals surface area contributed by atoms with Crippen LogP contribution in [0.4, 0.5) is 13.2 Å². The molecule has 4 atom stereocenters. The van der Waals surface area contributed by atoms with Gasteiger partial charge in [0, 0.05) is 18.8 Å². The zero-order valence-electron chi connectivity index (χ0n) is 26.0. The van der Waals surface area contributed by atoms with Gasteiger partial charge in [-0.3, -0.25) is 9.59 Å². The Morgan fingerprint density at radius 2 is 1.81 bits per heavy atom. The second kappa shape index (κ2) is 17.0. The molecule has 0 saturated heterocycles. The SMILES string of the molecule is CC[Si](CC)(CC)OC(/C=C/[C@H]1[C@H](C)CC(=O)[C@@H]1C/C=C\CCCC(=O)OC(C)C)COc1cccc(C(F)(F)F)c1. The molecular weight excluding hydrogens is 561 g/mol. The number of ketones is 1. The van der Waals surface area contributed by atoms with E-state index in [2.05, 4.69) is 33.8 Å². The van der Waals surface area contributed by atoms with E-state index < -0.39 is 26.2 Å². The fourth-order valence-electron chi connectivity index (χ4n) is 5.52. The first-order chi connectivity index (χ1) is 19.8. The minimum atomic E-state index is -4.45. The van der Waals surface area contributed by atoms with Crippen molar-refractivity contribution in [1.82, 2.24) is 0 Å². The Morgan fingerprint density at radius 1 is 1.12 bits per heavy atom. The van der Waals surface area contributed by atoms with Gasteiger partial charge in [0.1, 0.15) is 18.1 Å². The van der Waals surface area contributed by atoms with Gasteiger partial charge >= 0.3 is 12.1 Å². The largest absolute Gasteiger partial charge is 0.491 e. The molecule has 0 aliphatic heterocycles. The van der Waals surface area contributed by atoms with Gasteiger partial charge in [-0.2, -0.15) is 13.2 Å². The van der Waals surface area contributed by atoms with Crippen molar-refractivity contribution < 1.29 is 36.7 Å². The number of benzene rings is 1. The molecule has 9 heteroatoms. The molecule has 1 aliphatic rings. The zero-order valence-corrected chi connectivity index (χ0v) is 27.0. The van der Waals surface area contributed by atoms with Gasteiger partial charge in [0.25, 0.3) is 0 Å². The van der Waals surface area contributed by atoms with Crippen LogP contribution < -0.4 is 4.74 Å². The molecule has 1 saturated carbocycles. The van der Waals surface area contributed by atoms with E-state index in [-0.39, 0.29) is 48.0 Å². The summed E-state index contributed by atoms with van der Waals surface area (Å²) in [5.74, 6) is 0.248. The molecular formula is C33H49F3O5Si. The lowest BCUT2D eigenvalue weighted by Gasteiger charge is -2.32. The van der Waals surface area contributed by atoms with Gasteiger partial charge in [-0.25, -0.2) is 0 Å². The van der Waals surface area contributed by atoms with E-state index in [0.29, 0.717) is 25.7 Å². The summed E-state index contributed by atoms with van der Waals surface area (Å²) in [7, 11) is -2.06. The number of alkyl halides is 3. The molecule has 0 radical (unpaired) electrons. The summed E-state index contributed by atoms with van der Waals surface area (Å²) in [4.78, 5) is 24.6. The predicted octanol–water partition coefficient (Wildman–Crippen LogP) is 8.94. The first-order valence-corrected chi connectivity index (χ1v) is 17.9. The smallest absolute Gasteiger partial charge is 0.416 e. The van der Waals surface area contributed by atoms with Gasteiger partial charge in [0.05, 0.1) is 17.8 Å². The average Bonchev–Trinajstić information content (AvgIpc) is 3.21. The number of ether oxygens (including phenoxy) is 2. The van der Waals surface area contributed by atoms with Gasteiger partial charge in [-0.15, -0.1) is 0 Å². The van der Waals surface area contributed by atoms with Crippen LogP contribution in [0.1, 0.15) is 79.2 Å². The van der Waals surface area contributed by atoms with Crippen molar-refractivity contribution in [1.29, 1.82) is 0 Å². The monoisotopic (exact) mass is 610 g/mol. The molecule has 1 aromatic rings. The lowest BCUT2D eigenvalue weighted by molar-refractivity contribution is -0.147. The minimum absolute atomic E-state index is 0.0313. The molecule has 0 N–H and O–H groups in total. The molecule has 1 fully saturated rings.